The van der Waals surface area contributed by atoms with Gasteiger partial charge in [0.15, 0.2) is 17.3 Å². The molecule has 4 aromatic carbocycles. The second-order valence-corrected chi connectivity index (χ2v) is 11.9. The van der Waals surface area contributed by atoms with E-state index in [0.717, 1.165) is 9.87 Å². The first-order valence-electron chi connectivity index (χ1n) is 13.8. The summed E-state index contributed by atoms with van der Waals surface area (Å²) in [5, 5.41) is 14.4. The lowest BCUT2D eigenvalue weighted by Crippen LogP contribution is -2.43. The van der Waals surface area contributed by atoms with Crippen LogP contribution in [0.25, 0.3) is 5.70 Å². The predicted octanol–water partition coefficient (Wildman–Crippen LogP) is 4.88. The van der Waals surface area contributed by atoms with Crippen LogP contribution in [-0.2, 0) is 16.4 Å². The number of ether oxygens (including phenoxy) is 2. The molecule has 0 fully saturated rings. The number of Topliss-reactive ketones (excluding diaryl/α,β-unsaturated/α-hetero) is 2. The van der Waals surface area contributed by atoms with Crippen molar-refractivity contribution < 1.29 is 32.4 Å². The second-order valence-electron chi connectivity index (χ2n) is 10.0. The number of non-ortho nitro benzene ring substituents is 1. The highest BCUT2D eigenvalue weighted by molar-refractivity contribution is 7.89. The summed E-state index contributed by atoms with van der Waals surface area (Å²) in [6.45, 7) is -0.405. The number of hydrogen-bond donors (Lipinski definition) is 1. The van der Waals surface area contributed by atoms with Crippen LogP contribution in [0, 0.1) is 10.1 Å². The van der Waals surface area contributed by atoms with E-state index in [2.05, 4.69) is 5.32 Å². The number of carbonyl (C=O) groups is 2. The third-order valence-electron chi connectivity index (χ3n) is 7.31. The molecule has 5 rings (SSSR count). The van der Waals surface area contributed by atoms with Crippen molar-refractivity contribution in [3.05, 3.63) is 135 Å². The molecule has 0 spiro atoms. The molecule has 0 aromatic heterocycles. The fourth-order valence-corrected chi connectivity index (χ4v) is 6.68. The Balaban J connectivity index is 1.58. The molecule has 45 heavy (non-hydrogen) atoms. The fraction of sp³-hybridized carbons (Fsp3) is 0.152. The maximum absolute atomic E-state index is 14.1. The van der Waals surface area contributed by atoms with E-state index in [1.807, 2.05) is 12.1 Å². The lowest BCUT2D eigenvalue weighted by Gasteiger charge is -2.33. The van der Waals surface area contributed by atoms with E-state index in [4.69, 9.17) is 9.47 Å². The minimum atomic E-state index is -4.38. The first-order valence-corrected chi connectivity index (χ1v) is 15.3. The number of nitro groups is 1. The van der Waals surface area contributed by atoms with Crippen LogP contribution in [0.2, 0.25) is 0 Å². The molecule has 230 valence electrons. The number of methoxy groups -OCH3 is 2. The fourth-order valence-electron chi connectivity index (χ4n) is 5.04. The Kier molecular flexibility index (Phi) is 8.96. The zero-order chi connectivity index (χ0) is 32.1. The van der Waals surface area contributed by atoms with Crippen LogP contribution in [0.3, 0.4) is 0 Å². The van der Waals surface area contributed by atoms with Crippen LogP contribution < -0.4 is 14.8 Å². The Hall–Kier alpha value is -5.49. The van der Waals surface area contributed by atoms with Crippen LogP contribution in [-0.4, -0.2) is 56.5 Å². The lowest BCUT2D eigenvalue weighted by atomic mass is 10.0. The molecule has 1 aliphatic rings. The van der Waals surface area contributed by atoms with Gasteiger partial charge in [0.1, 0.15) is 5.70 Å². The van der Waals surface area contributed by atoms with Crippen molar-refractivity contribution in [2.75, 3.05) is 27.3 Å². The number of sulfonamides is 1. The number of nitro benzene ring substituents is 1. The highest BCUT2D eigenvalue weighted by atomic mass is 32.2. The molecular weight excluding hydrogens is 598 g/mol. The summed E-state index contributed by atoms with van der Waals surface area (Å²) in [7, 11) is -1.30. The van der Waals surface area contributed by atoms with E-state index in [9.17, 15) is 28.1 Å². The average Bonchev–Trinajstić information content (AvgIpc) is 3.06. The molecular formula is C33H29N3O8S. The van der Waals surface area contributed by atoms with Crippen molar-refractivity contribution in [1.29, 1.82) is 0 Å². The molecule has 0 atom stereocenters. The Morgan fingerprint density at radius 3 is 2.18 bits per heavy atom. The quantitative estimate of drug-likeness (QED) is 0.132. The van der Waals surface area contributed by atoms with Gasteiger partial charge in [-0.2, -0.15) is 0 Å². The number of ketones is 2. The highest BCUT2D eigenvalue weighted by Crippen LogP contribution is 2.37. The Bertz CT molecular complexity index is 1910. The largest absolute Gasteiger partial charge is 0.493 e. The van der Waals surface area contributed by atoms with Crippen molar-refractivity contribution >= 4 is 33.0 Å². The van der Waals surface area contributed by atoms with E-state index >= 15 is 0 Å². The molecule has 0 bridgehead atoms. The number of rotatable bonds is 12. The molecule has 0 saturated carbocycles. The molecule has 0 radical (unpaired) electrons. The number of nitrogens with zero attached hydrogens (tertiary/aromatic N) is 2. The zero-order valence-corrected chi connectivity index (χ0v) is 25.2. The minimum absolute atomic E-state index is 0.0594. The summed E-state index contributed by atoms with van der Waals surface area (Å²) in [4.78, 5) is 38.0. The standard InChI is InChI=1S/C33H29N3O8S/c1-43-28-17-12-22(20-29(28)44-2)18-19-34-31-26-10-6-7-11-30(26)45(41,42)35(32(31)33(38)24-8-4-3-5-9-24)21-27(37)23-13-15-25(16-14-23)36(39)40/h3-17,20,34H,18-19,21H2,1-2H3. The van der Waals surface area contributed by atoms with Gasteiger partial charge in [0.25, 0.3) is 15.7 Å². The summed E-state index contributed by atoms with van der Waals surface area (Å²) >= 11 is 0. The van der Waals surface area contributed by atoms with Crippen molar-refractivity contribution in [1.82, 2.24) is 9.62 Å². The van der Waals surface area contributed by atoms with Gasteiger partial charge in [-0.3, -0.25) is 24.0 Å². The minimum Gasteiger partial charge on any atom is -0.493 e. The second kappa shape index (κ2) is 13.0. The number of allylic oxidation sites excluding steroid dienone is 1. The third kappa shape index (κ3) is 6.27. The van der Waals surface area contributed by atoms with Gasteiger partial charge >= 0.3 is 0 Å². The smallest absolute Gasteiger partial charge is 0.269 e. The Morgan fingerprint density at radius 2 is 1.51 bits per heavy atom. The van der Waals surface area contributed by atoms with Gasteiger partial charge in [-0.25, -0.2) is 8.42 Å². The lowest BCUT2D eigenvalue weighted by molar-refractivity contribution is -0.384. The molecule has 0 amide bonds. The maximum Gasteiger partial charge on any atom is 0.269 e. The van der Waals surface area contributed by atoms with Crippen LogP contribution in [0.4, 0.5) is 5.69 Å². The molecule has 1 N–H and O–H groups in total. The summed E-state index contributed by atoms with van der Waals surface area (Å²) in [6.07, 6.45) is 0.479. The van der Waals surface area contributed by atoms with Crippen molar-refractivity contribution in [3.8, 4) is 11.5 Å². The van der Waals surface area contributed by atoms with Gasteiger partial charge in [-0.1, -0.05) is 54.6 Å². The van der Waals surface area contributed by atoms with Gasteiger partial charge in [0.2, 0.25) is 5.78 Å². The summed E-state index contributed by atoms with van der Waals surface area (Å²) in [5.74, 6) is -0.110. The molecule has 1 aliphatic heterocycles. The summed E-state index contributed by atoms with van der Waals surface area (Å²) in [5.41, 5.74) is 1.32. The van der Waals surface area contributed by atoms with Gasteiger partial charge in [0, 0.05) is 35.4 Å². The van der Waals surface area contributed by atoms with Gasteiger partial charge in [0.05, 0.1) is 36.3 Å². The first-order chi connectivity index (χ1) is 21.6. The van der Waals surface area contributed by atoms with E-state index in [-0.39, 0.29) is 33.1 Å². The molecule has 1 heterocycles. The third-order valence-corrected chi connectivity index (χ3v) is 9.12. The van der Waals surface area contributed by atoms with Crippen molar-refractivity contribution in [2.45, 2.75) is 11.3 Å². The number of benzene rings is 4. The van der Waals surface area contributed by atoms with Gasteiger partial charge in [-0.05, 0) is 42.3 Å². The van der Waals surface area contributed by atoms with Gasteiger partial charge < -0.3 is 14.8 Å². The van der Waals surface area contributed by atoms with E-state index < -0.39 is 33.1 Å². The van der Waals surface area contributed by atoms with Crippen LogP contribution in [0.5, 0.6) is 11.5 Å². The molecule has 4 aromatic rings. The summed E-state index contributed by atoms with van der Waals surface area (Å²) in [6, 6.07) is 24.8. The number of carbonyl (C=O) groups excluding carboxylic acids is 2. The van der Waals surface area contributed by atoms with Crippen LogP contribution in [0.1, 0.15) is 31.8 Å². The Morgan fingerprint density at radius 1 is 0.844 bits per heavy atom. The van der Waals surface area contributed by atoms with Crippen molar-refractivity contribution in [3.63, 3.8) is 0 Å². The first kappa shape index (κ1) is 31.0. The number of hydrogen-bond acceptors (Lipinski definition) is 9. The molecule has 11 nitrogen and oxygen atoms in total. The summed E-state index contributed by atoms with van der Waals surface area (Å²) < 4.78 is 39.7. The zero-order valence-electron chi connectivity index (χ0n) is 24.4. The SMILES string of the molecule is COc1ccc(CCNC2=C(C(=O)c3ccccc3)N(CC(=O)c3ccc([N+](=O)[O-])cc3)S(=O)(=O)c3ccccc32)cc1OC. The van der Waals surface area contributed by atoms with Crippen LogP contribution in [0.15, 0.2) is 108 Å². The molecule has 0 saturated heterocycles. The van der Waals surface area contributed by atoms with E-state index in [1.165, 1.54) is 37.4 Å². The Labute approximate surface area is 259 Å². The normalized spacial score (nSPS) is 13.5. The number of nitrogens with one attached hydrogen (secondary N) is 1. The molecule has 0 aliphatic carbocycles. The van der Waals surface area contributed by atoms with Crippen molar-refractivity contribution in [2.24, 2.45) is 0 Å². The monoisotopic (exact) mass is 627 g/mol. The van der Waals surface area contributed by atoms with Gasteiger partial charge in [-0.15, -0.1) is 0 Å². The molecule has 12 heteroatoms. The maximum atomic E-state index is 14.1. The predicted molar refractivity (Wildman–Crippen MR) is 167 cm³/mol. The van der Waals surface area contributed by atoms with Crippen LogP contribution >= 0.6 is 0 Å². The topological polar surface area (TPSA) is 145 Å². The highest BCUT2D eigenvalue weighted by Gasteiger charge is 2.41. The van der Waals surface area contributed by atoms with E-state index in [1.54, 1.807) is 61.7 Å². The number of fused-ring (bicyclic) bond motifs is 1. The molecule has 0 unspecified atom stereocenters. The van der Waals surface area contributed by atoms with E-state index in [0.29, 0.717) is 30.0 Å². The average molecular weight is 628 g/mol.